The van der Waals surface area contributed by atoms with Gasteiger partial charge in [0.1, 0.15) is 5.75 Å². The molecule has 4 rings (SSSR count). The molecule has 0 atom stereocenters. The van der Waals surface area contributed by atoms with E-state index in [2.05, 4.69) is 15.1 Å². The lowest BCUT2D eigenvalue weighted by molar-refractivity contribution is 0.102. The van der Waals surface area contributed by atoms with Gasteiger partial charge in [0.15, 0.2) is 5.69 Å². The second kappa shape index (κ2) is 7.69. The molecule has 150 valence electrons. The lowest BCUT2D eigenvalue weighted by atomic mass is 10.2. The molecule has 1 heterocycles. The van der Waals surface area contributed by atoms with Crippen molar-refractivity contribution < 1.29 is 17.9 Å². The second-order valence-electron chi connectivity index (χ2n) is 6.69. The van der Waals surface area contributed by atoms with Gasteiger partial charge in [-0.05, 0) is 49.2 Å². The molecule has 1 saturated carbocycles. The van der Waals surface area contributed by atoms with Crippen molar-refractivity contribution in [1.29, 1.82) is 0 Å². The maximum atomic E-state index is 12.7. The van der Waals surface area contributed by atoms with E-state index >= 15 is 0 Å². The number of ether oxygens (including phenoxy) is 1. The number of methoxy groups -OCH3 is 1. The van der Waals surface area contributed by atoms with Gasteiger partial charge in [-0.3, -0.25) is 4.79 Å². The van der Waals surface area contributed by atoms with Crippen LogP contribution in [0.3, 0.4) is 0 Å². The van der Waals surface area contributed by atoms with E-state index in [0.29, 0.717) is 5.75 Å². The molecule has 3 aromatic rings. The first kappa shape index (κ1) is 19.2. The minimum Gasteiger partial charge on any atom is -0.495 e. The maximum absolute atomic E-state index is 12.7. The topological polar surface area (TPSA) is 102 Å². The van der Waals surface area contributed by atoms with Crippen molar-refractivity contribution in [2.45, 2.75) is 23.8 Å². The predicted molar refractivity (Wildman–Crippen MR) is 108 cm³/mol. The second-order valence-corrected chi connectivity index (χ2v) is 8.41. The number of para-hydroxylation sites is 1. The highest BCUT2D eigenvalue weighted by Crippen LogP contribution is 2.29. The van der Waals surface area contributed by atoms with Crippen LogP contribution in [0.1, 0.15) is 23.3 Å². The van der Waals surface area contributed by atoms with E-state index in [-0.39, 0.29) is 22.3 Å². The third-order valence-electron chi connectivity index (χ3n) is 4.47. The van der Waals surface area contributed by atoms with Gasteiger partial charge < -0.3 is 10.1 Å². The van der Waals surface area contributed by atoms with Crippen LogP contribution >= 0.6 is 0 Å². The van der Waals surface area contributed by atoms with E-state index in [4.69, 9.17) is 4.74 Å². The number of hydrogen-bond acceptors (Lipinski definition) is 5. The van der Waals surface area contributed by atoms with E-state index in [1.807, 2.05) is 30.3 Å². The van der Waals surface area contributed by atoms with Gasteiger partial charge in [0.05, 0.1) is 23.4 Å². The number of anilines is 1. The molecule has 2 aromatic carbocycles. The summed E-state index contributed by atoms with van der Waals surface area (Å²) in [5, 5.41) is 6.98. The standard InChI is InChI=1S/C20H20N4O4S/c1-28-19-10-9-16(29(26,27)23-14-7-8-14)13-18(19)21-20(25)17-11-12-24(22-17)15-5-3-2-4-6-15/h2-6,9-14,23H,7-8H2,1H3,(H,21,25). The summed E-state index contributed by atoms with van der Waals surface area (Å²) in [6.07, 6.45) is 3.36. The molecule has 1 amide bonds. The predicted octanol–water partition coefficient (Wildman–Crippen LogP) is 2.57. The maximum Gasteiger partial charge on any atom is 0.276 e. The van der Waals surface area contributed by atoms with E-state index in [9.17, 15) is 13.2 Å². The molecule has 9 heteroatoms. The number of nitrogens with one attached hydrogen (secondary N) is 2. The summed E-state index contributed by atoms with van der Waals surface area (Å²) in [7, 11) is -2.20. The molecule has 0 aliphatic heterocycles. The smallest absolute Gasteiger partial charge is 0.276 e. The van der Waals surface area contributed by atoms with Gasteiger partial charge in [0.25, 0.3) is 5.91 Å². The molecule has 29 heavy (non-hydrogen) atoms. The lowest BCUT2D eigenvalue weighted by Gasteiger charge is -2.12. The average molecular weight is 412 g/mol. The number of benzene rings is 2. The van der Waals surface area contributed by atoms with Crippen molar-refractivity contribution >= 4 is 21.6 Å². The highest BCUT2D eigenvalue weighted by molar-refractivity contribution is 7.89. The van der Waals surface area contributed by atoms with Crippen molar-refractivity contribution in [3.63, 3.8) is 0 Å². The minimum absolute atomic E-state index is 0.0120. The molecule has 0 spiro atoms. The summed E-state index contributed by atoms with van der Waals surface area (Å²) in [4.78, 5) is 12.7. The molecule has 2 N–H and O–H groups in total. The average Bonchev–Trinajstić information content (AvgIpc) is 3.38. The Morgan fingerprint density at radius 2 is 1.90 bits per heavy atom. The number of nitrogens with zero attached hydrogens (tertiary/aromatic N) is 2. The van der Waals surface area contributed by atoms with E-state index in [1.165, 1.54) is 25.3 Å². The Morgan fingerprint density at radius 1 is 1.14 bits per heavy atom. The first-order chi connectivity index (χ1) is 14.0. The van der Waals surface area contributed by atoms with Crippen LogP contribution in [-0.4, -0.2) is 37.3 Å². The van der Waals surface area contributed by atoms with E-state index < -0.39 is 15.9 Å². The van der Waals surface area contributed by atoms with Gasteiger partial charge in [0.2, 0.25) is 10.0 Å². The number of amides is 1. The Morgan fingerprint density at radius 3 is 2.59 bits per heavy atom. The Kier molecular flexibility index (Phi) is 5.08. The number of aromatic nitrogens is 2. The quantitative estimate of drug-likeness (QED) is 0.621. The van der Waals surface area contributed by atoms with Gasteiger partial charge in [-0.15, -0.1) is 0 Å². The van der Waals surface area contributed by atoms with Crippen molar-refractivity contribution in [1.82, 2.24) is 14.5 Å². The molecule has 0 radical (unpaired) electrons. The highest BCUT2D eigenvalue weighted by Gasteiger charge is 2.28. The molecule has 0 saturated heterocycles. The summed E-state index contributed by atoms with van der Waals surface area (Å²) in [6.45, 7) is 0. The first-order valence-electron chi connectivity index (χ1n) is 9.09. The van der Waals surface area contributed by atoms with Crippen LogP contribution in [0.15, 0.2) is 65.7 Å². The lowest BCUT2D eigenvalue weighted by Crippen LogP contribution is -2.26. The van der Waals surface area contributed by atoms with E-state index in [1.54, 1.807) is 16.9 Å². The highest BCUT2D eigenvalue weighted by atomic mass is 32.2. The molecule has 1 aromatic heterocycles. The number of hydrogen-bond donors (Lipinski definition) is 2. The number of carbonyl (C=O) groups excluding carboxylic acids is 1. The summed E-state index contributed by atoms with van der Waals surface area (Å²) in [5.74, 6) is -0.117. The fourth-order valence-electron chi connectivity index (χ4n) is 2.80. The van der Waals surface area contributed by atoms with E-state index in [0.717, 1.165) is 18.5 Å². The third-order valence-corrected chi connectivity index (χ3v) is 5.99. The van der Waals surface area contributed by atoms with Crippen LogP contribution in [0, 0.1) is 0 Å². The van der Waals surface area contributed by atoms with Crippen molar-refractivity contribution in [3.8, 4) is 11.4 Å². The Labute approximate surface area is 168 Å². The van der Waals surface area contributed by atoms with Gasteiger partial charge >= 0.3 is 0 Å². The largest absolute Gasteiger partial charge is 0.495 e. The number of carbonyl (C=O) groups is 1. The van der Waals surface area contributed by atoms with Crippen LogP contribution in [0.25, 0.3) is 5.69 Å². The summed E-state index contributed by atoms with van der Waals surface area (Å²) >= 11 is 0. The summed E-state index contributed by atoms with van der Waals surface area (Å²) in [5.41, 5.74) is 1.27. The Balaban J connectivity index is 1.57. The zero-order valence-corrected chi connectivity index (χ0v) is 16.5. The monoisotopic (exact) mass is 412 g/mol. The first-order valence-corrected chi connectivity index (χ1v) is 10.6. The van der Waals surface area contributed by atoms with Crippen molar-refractivity contribution in [2.75, 3.05) is 12.4 Å². The van der Waals surface area contributed by atoms with Crippen LogP contribution in [0.4, 0.5) is 5.69 Å². The molecule has 0 bridgehead atoms. The van der Waals surface area contributed by atoms with Gasteiger partial charge in [-0.2, -0.15) is 5.10 Å². The van der Waals surface area contributed by atoms with Crippen molar-refractivity contribution in [3.05, 3.63) is 66.5 Å². The number of sulfonamides is 1. The zero-order chi connectivity index (χ0) is 20.4. The van der Waals surface area contributed by atoms with Crippen LogP contribution < -0.4 is 14.8 Å². The van der Waals surface area contributed by atoms with Crippen LogP contribution in [-0.2, 0) is 10.0 Å². The molecule has 1 aliphatic carbocycles. The zero-order valence-electron chi connectivity index (χ0n) is 15.7. The molecular weight excluding hydrogens is 392 g/mol. The minimum atomic E-state index is -3.65. The number of rotatable bonds is 7. The normalized spacial score (nSPS) is 13.8. The molecule has 8 nitrogen and oxygen atoms in total. The summed E-state index contributed by atoms with van der Waals surface area (Å²) < 4.78 is 34.4. The summed E-state index contributed by atoms with van der Waals surface area (Å²) in [6, 6.07) is 15.3. The molecule has 0 unspecified atom stereocenters. The van der Waals surface area contributed by atoms with Gasteiger partial charge in [0, 0.05) is 12.2 Å². The van der Waals surface area contributed by atoms with Crippen LogP contribution in [0.5, 0.6) is 5.75 Å². The SMILES string of the molecule is COc1ccc(S(=O)(=O)NC2CC2)cc1NC(=O)c1ccn(-c2ccccc2)n1. The molecule has 1 aliphatic rings. The fraction of sp³-hybridized carbons (Fsp3) is 0.200. The molecule has 1 fully saturated rings. The fourth-order valence-corrected chi connectivity index (χ4v) is 4.13. The van der Waals surface area contributed by atoms with Crippen molar-refractivity contribution in [2.24, 2.45) is 0 Å². The Bertz CT molecular complexity index is 1140. The molecular formula is C20H20N4O4S. The van der Waals surface area contributed by atoms with Crippen LogP contribution in [0.2, 0.25) is 0 Å². The van der Waals surface area contributed by atoms with Gasteiger partial charge in [-0.25, -0.2) is 17.8 Å². The van der Waals surface area contributed by atoms with Gasteiger partial charge in [-0.1, -0.05) is 18.2 Å². The third kappa shape index (κ3) is 4.30. The Hall–Kier alpha value is -3.17.